The van der Waals surface area contributed by atoms with E-state index in [4.69, 9.17) is 11.6 Å². The highest BCUT2D eigenvalue weighted by Crippen LogP contribution is 2.33. The summed E-state index contributed by atoms with van der Waals surface area (Å²) in [6, 6.07) is 23.1. The summed E-state index contributed by atoms with van der Waals surface area (Å²) in [4.78, 5) is 0. The fourth-order valence-electron chi connectivity index (χ4n) is 2.67. The number of aliphatic hydroxyl groups is 1. The summed E-state index contributed by atoms with van der Waals surface area (Å²) in [5.74, 6) is 0. The average Bonchev–Trinajstić information content (AvgIpc) is 2.62. The third-order valence-corrected chi connectivity index (χ3v) is 4.86. The molecule has 1 atom stereocenters. The third kappa shape index (κ3) is 3.32. The van der Waals surface area contributed by atoms with Crippen molar-refractivity contribution in [2.45, 2.75) is 5.60 Å². The van der Waals surface area contributed by atoms with Gasteiger partial charge in [0.1, 0.15) is 5.60 Å². The minimum atomic E-state index is -1.25. The van der Waals surface area contributed by atoms with Gasteiger partial charge in [0.15, 0.2) is 0 Å². The van der Waals surface area contributed by atoms with Gasteiger partial charge in [0.05, 0.1) is 0 Å². The Balaban J connectivity index is 1.97. The molecule has 0 aliphatic carbocycles. The van der Waals surface area contributed by atoms with E-state index < -0.39 is 5.60 Å². The maximum Gasteiger partial charge on any atom is 0.133 e. The number of rotatable bonds is 4. The molecule has 0 saturated carbocycles. The van der Waals surface area contributed by atoms with Gasteiger partial charge in [0.2, 0.25) is 0 Å². The Bertz CT molecular complexity index is 839. The molecule has 120 valence electrons. The predicted molar refractivity (Wildman–Crippen MR) is 104 cm³/mol. The Morgan fingerprint density at radius 2 is 1.21 bits per heavy atom. The van der Waals surface area contributed by atoms with Crippen molar-refractivity contribution in [1.29, 1.82) is 0 Å². The van der Waals surface area contributed by atoms with Gasteiger partial charge in [-0.2, -0.15) is 0 Å². The summed E-state index contributed by atoms with van der Waals surface area (Å²) in [7, 11) is 0. The molecule has 24 heavy (non-hydrogen) atoms. The second kappa shape index (κ2) is 6.94. The molecule has 1 N–H and O–H groups in total. The van der Waals surface area contributed by atoms with Crippen LogP contribution in [-0.2, 0) is 5.60 Å². The molecule has 1 unspecified atom stereocenters. The lowest BCUT2D eigenvalue weighted by molar-refractivity contribution is 0.135. The fourth-order valence-corrected chi connectivity index (χ4v) is 3.06. The maximum absolute atomic E-state index is 11.1. The summed E-state index contributed by atoms with van der Waals surface area (Å²) in [6.45, 7) is 3.81. The molecule has 0 heterocycles. The van der Waals surface area contributed by atoms with Crippen molar-refractivity contribution in [3.8, 4) is 11.1 Å². The first kappa shape index (κ1) is 17.0. The maximum atomic E-state index is 11.1. The molecule has 1 nitrogen and oxygen atoms in total. The first-order valence-corrected chi connectivity index (χ1v) is 8.68. The van der Waals surface area contributed by atoms with Crippen LogP contribution in [0.4, 0.5) is 0 Å². The normalized spacial score (nSPS) is 13.3. The van der Waals surface area contributed by atoms with E-state index in [1.807, 2.05) is 48.5 Å². The Kier molecular flexibility index (Phi) is 4.91. The van der Waals surface area contributed by atoms with Crippen LogP contribution in [0.25, 0.3) is 11.1 Å². The molecular formula is C21H16BrClO. The van der Waals surface area contributed by atoms with E-state index in [0.717, 1.165) is 26.7 Å². The zero-order valence-corrected chi connectivity index (χ0v) is 15.3. The summed E-state index contributed by atoms with van der Waals surface area (Å²) in [5, 5.41) is 11.7. The summed E-state index contributed by atoms with van der Waals surface area (Å²) in [6.07, 6.45) is 1.55. The SMILES string of the molecule is C=CC(O)(c1ccc(Cl)cc1)c1ccc(-c2ccc(Br)cc2)cc1. The highest BCUT2D eigenvalue weighted by atomic mass is 79.9. The number of hydrogen-bond acceptors (Lipinski definition) is 1. The molecule has 3 rings (SSSR count). The van der Waals surface area contributed by atoms with Crippen LogP contribution in [0.1, 0.15) is 11.1 Å². The minimum Gasteiger partial charge on any atom is -0.377 e. The molecule has 3 heteroatoms. The molecule has 3 aromatic carbocycles. The lowest BCUT2D eigenvalue weighted by Crippen LogP contribution is -2.24. The fraction of sp³-hybridized carbons (Fsp3) is 0.0476. The van der Waals surface area contributed by atoms with Crippen molar-refractivity contribution in [3.05, 3.63) is 106 Å². The van der Waals surface area contributed by atoms with E-state index in [0.29, 0.717) is 5.02 Å². The molecule has 0 aliphatic rings. The van der Waals surface area contributed by atoms with Crippen LogP contribution < -0.4 is 0 Å². The van der Waals surface area contributed by atoms with E-state index in [9.17, 15) is 5.11 Å². The van der Waals surface area contributed by atoms with Crippen molar-refractivity contribution < 1.29 is 5.11 Å². The smallest absolute Gasteiger partial charge is 0.133 e. The zero-order chi connectivity index (χ0) is 17.2. The highest BCUT2D eigenvalue weighted by molar-refractivity contribution is 9.10. The van der Waals surface area contributed by atoms with Gasteiger partial charge in [-0.05, 0) is 46.5 Å². The van der Waals surface area contributed by atoms with Crippen LogP contribution in [-0.4, -0.2) is 5.11 Å². The molecule has 0 amide bonds. The second-order valence-electron chi connectivity index (χ2n) is 5.56. The molecule has 0 fully saturated rings. The van der Waals surface area contributed by atoms with E-state index >= 15 is 0 Å². The molecule has 3 aromatic rings. The number of halogens is 2. The van der Waals surface area contributed by atoms with Gasteiger partial charge in [-0.15, -0.1) is 0 Å². The van der Waals surface area contributed by atoms with Gasteiger partial charge >= 0.3 is 0 Å². The van der Waals surface area contributed by atoms with Gasteiger partial charge in [-0.25, -0.2) is 0 Å². The van der Waals surface area contributed by atoms with E-state index in [1.165, 1.54) is 0 Å². The van der Waals surface area contributed by atoms with Crippen molar-refractivity contribution in [1.82, 2.24) is 0 Å². The molecule has 0 saturated heterocycles. The van der Waals surface area contributed by atoms with Crippen molar-refractivity contribution in [3.63, 3.8) is 0 Å². The molecule has 0 spiro atoms. The van der Waals surface area contributed by atoms with Crippen LogP contribution in [0, 0.1) is 0 Å². The minimum absolute atomic E-state index is 0.635. The number of benzene rings is 3. The summed E-state index contributed by atoms with van der Waals surface area (Å²) in [5.41, 5.74) is 2.47. The van der Waals surface area contributed by atoms with E-state index in [-0.39, 0.29) is 0 Å². The monoisotopic (exact) mass is 398 g/mol. The second-order valence-corrected chi connectivity index (χ2v) is 6.91. The van der Waals surface area contributed by atoms with Crippen molar-refractivity contribution in [2.75, 3.05) is 0 Å². The molecule has 0 aliphatic heterocycles. The zero-order valence-electron chi connectivity index (χ0n) is 12.9. The third-order valence-electron chi connectivity index (χ3n) is 4.08. The molecular weight excluding hydrogens is 384 g/mol. The first-order chi connectivity index (χ1) is 11.5. The van der Waals surface area contributed by atoms with E-state index in [1.54, 1.807) is 18.2 Å². The predicted octanol–water partition coefficient (Wildman–Crippen LogP) is 6.19. The van der Waals surface area contributed by atoms with Crippen LogP contribution in [0.5, 0.6) is 0 Å². The topological polar surface area (TPSA) is 20.2 Å². The van der Waals surface area contributed by atoms with Crippen LogP contribution in [0.2, 0.25) is 5.02 Å². The molecule has 0 aromatic heterocycles. The van der Waals surface area contributed by atoms with Crippen LogP contribution >= 0.6 is 27.5 Å². The standard InChI is InChI=1S/C21H16BrClO/c1-2-21(24,18-9-13-20(23)14-10-18)17-7-3-15(4-8-17)16-5-11-19(22)12-6-16/h2-14,24H,1H2. The first-order valence-electron chi connectivity index (χ1n) is 7.51. The van der Waals surface area contributed by atoms with Gasteiger partial charge < -0.3 is 5.11 Å². The summed E-state index contributed by atoms with van der Waals surface area (Å²) < 4.78 is 1.05. The van der Waals surface area contributed by atoms with Gasteiger partial charge in [0.25, 0.3) is 0 Å². The van der Waals surface area contributed by atoms with E-state index in [2.05, 4.69) is 34.6 Å². The Labute approximate surface area is 155 Å². The Hall–Kier alpha value is -1.87. The Morgan fingerprint density at radius 3 is 1.67 bits per heavy atom. The van der Waals surface area contributed by atoms with Gasteiger partial charge in [-0.1, -0.05) is 88.7 Å². The Morgan fingerprint density at radius 1 is 0.792 bits per heavy atom. The quantitative estimate of drug-likeness (QED) is 0.518. The highest BCUT2D eigenvalue weighted by Gasteiger charge is 2.27. The lowest BCUT2D eigenvalue weighted by Gasteiger charge is -2.26. The lowest BCUT2D eigenvalue weighted by atomic mass is 9.86. The molecule has 0 radical (unpaired) electrons. The average molecular weight is 400 g/mol. The van der Waals surface area contributed by atoms with Crippen LogP contribution in [0.3, 0.4) is 0 Å². The largest absolute Gasteiger partial charge is 0.377 e. The van der Waals surface area contributed by atoms with Crippen molar-refractivity contribution in [2.24, 2.45) is 0 Å². The summed E-state index contributed by atoms with van der Waals surface area (Å²) >= 11 is 9.38. The number of hydrogen-bond donors (Lipinski definition) is 1. The van der Waals surface area contributed by atoms with Crippen molar-refractivity contribution >= 4 is 27.5 Å². The van der Waals surface area contributed by atoms with Gasteiger partial charge in [-0.3, -0.25) is 0 Å². The van der Waals surface area contributed by atoms with Gasteiger partial charge in [0, 0.05) is 9.50 Å². The molecule has 0 bridgehead atoms. The van der Waals surface area contributed by atoms with Crippen LogP contribution in [0.15, 0.2) is 89.9 Å².